The van der Waals surface area contributed by atoms with E-state index in [2.05, 4.69) is 25.9 Å². The monoisotopic (exact) mass is 558 g/mol. The highest BCUT2D eigenvalue weighted by atomic mass is 79.9. The topological polar surface area (TPSA) is 72.1 Å². The normalized spacial score (nSPS) is 11.4. The molecule has 0 radical (unpaired) electrons. The van der Waals surface area contributed by atoms with Gasteiger partial charge in [0.15, 0.2) is 5.78 Å². The first-order chi connectivity index (χ1) is 17.4. The van der Waals surface area contributed by atoms with Crippen LogP contribution in [-0.2, 0) is 0 Å². The lowest BCUT2D eigenvalue weighted by molar-refractivity contribution is 0.104. The number of nitrogens with zero attached hydrogens (tertiary/aromatic N) is 1. The molecule has 0 unspecified atom stereocenters. The Morgan fingerprint density at radius 1 is 1.08 bits per heavy atom. The minimum Gasteiger partial charge on any atom is -0.494 e. The zero-order valence-corrected chi connectivity index (χ0v) is 21.6. The van der Waals surface area contributed by atoms with Crippen LogP contribution < -0.4 is 10.3 Å². The number of allylic oxidation sites excluding steroid dienone is 1. The molecule has 5 rings (SSSR count). The van der Waals surface area contributed by atoms with Crippen molar-refractivity contribution in [1.82, 2.24) is 9.97 Å². The number of hydrogen-bond donors (Lipinski definition) is 1. The standard InChI is InChI=1S/C29H20BrClN2O3/c1-2-36-21-11-8-18-14-19(28(31)32-24(18)16-21)9-13-25(34)27-26(17-6-4-3-5-7-17)22-15-20(30)10-12-23(22)33-29(27)35/h3-16H,2H2,1H3,(H,33,35)/b13-9-. The van der Waals surface area contributed by atoms with Gasteiger partial charge in [0.25, 0.3) is 5.56 Å². The molecule has 0 fully saturated rings. The Labute approximate surface area is 220 Å². The first-order valence-corrected chi connectivity index (χ1v) is 12.5. The van der Waals surface area contributed by atoms with E-state index in [1.807, 2.05) is 79.7 Å². The largest absolute Gasteiger partial charge is 0.494 e. The Hall–Kier alpha value is -3.74. The van der Waals surface area contributed by atoms with Crippen LogP contribution in [0.4, 0.5) is 0 Å². The molecule has 0 aliphatic heterocycles. The van der Waals surface area contributed by atoms with Gasteiger partial charge in [-0.3, -0.25) is 9.59 Å². The second-order valence-corrected chi connectivity index (χ2v) is 9.39. The Kier molecular flexibility index (Phi) is 6.72. The average molecular weight is 560 g/mol. The van der Waals surface area contributed by atoms with E-state index in [1.165, 1.54) is 6.08 Å². The quantitative estimate of drug-likeness (QED) is 0.133. The van der Waals surface area contributed by atoms with Gasteiger partial charge < -0.3 is 9.72 Å². The van der Waals surface area contributed by atoms with Crippen LogP contribution in [0, 0.1) is 0 Å². The van der Waals surface area contributed by atoms with Gasteiger partial charge in [-0.25, -0.2) is 4.98 Å². The van der Waals surface area contributed by atoms with Crippen molar-refractivity contribution in [2.24, 2.45) is 0 Å². The number of aromatic amines is 1. The van der Waals surface area contributed by atoms with Crippen LogP contribution in [0.2, 0.25) is 5.15 Å². The van der Waals surface area contributed by atoms with E-state index in [9.17, 15) is 9.59 Å². The summed E-state index contributed by atoms with van der Waals surface area (Å²) in [6.45, 7) is 2.47. The highest BCUT2D eigenvalue weighted by molar-refractivity contribution is 9.10. The molecular formula is C29H20BrClN2O3. The van der Waals surface area contributed by atoms with Gasteiger partial charge in [0.1, 0.15) is 10.9 Å². The van der Waals surface area contributed by atoms with E-state index in [0.29, 0.717) is 34.5 Å². The molecule has 178 valence electrons. The van der Waals surface area contributed by atoms with Crippen LogP contribution in [-0.4, -0.2) is 22.4 Å². The highest BCUT2D eigenvalue weighted by Gasteiger charge is 2.19. The summed E-state index contributed by atoms with van der Waals surface area (Å²) in [5.74, 6) is 0.280. The SMILES string of the molecule is CCOc1ccc2cc(/C=C\C(=O)c3c(-c4ccccc4)c4cc(Br)ccc4[nH]c3=O)c(Cl)nc2c1. The van der Waals surface area contributed by atoms with Crippen LogP contribution in [0.1, 0.15) is 22.8 Å². The highest BCUT2D eigenvalue weighted by Crippen LogP contribution is 2.32. The molecule has 1 N–H and O–H groups in total. The van der Waals surface area contributed by atoms with Crippen molar-refractivity contribution in [1.29, 1.82) is 0 Å². The second kappa shape index (κ2) is 10.1. The number of fused-ring (bicyclic) bond motifs is 2. The molecule has 3 aromatic carbocycles. The number of aromatic nitrogens is 2. The van der Waals surface area contributed by atoms with Gasteiger partial charge >= 0.3 is 0 Å². The van der Waals surface area contributed by atoms with Gasteiger partial charge in [0.2, 0.25) is 0 Å². The lowest BCUT2D eigenvalue weighted by Crippen LogP contribution is -2.18. The third-order valence-corrected chi connectivity index (χ3v) is 6.58. The number of nitrogens with one attached hydrogen (secondary N) is 1. The van der Waals surface area contributed by atoms with Crippen molar-refractivity contribution in [3.63, 3.8) is 0 Å². The molecule has 0 atom stereocenters. The third-order valence-electron chi connectivity index (χ3n) is 5.78. The van der Waals surface area contributed by atoms with Gasteiger partial charge in [-0.1, -0.05) is 57.9 Å². The van der Waals surface area contributed by atoms with Gasteiger partial charge in [0.05, 0.1) is 17.7 Å². The van der Waals surface area contributed by atoms with Crippen LogP contribution in [0.5, 0.6) is 5.75 Å². The molecule has 0 aliphatic rings. The van der Waals surface area contributed by atoms with Gasteiger partial charge in [0, 0.05) is 38.0 Å². The Bertz CT molecular complexity index is 1710. The zero-order chi connectivity index (χ0) is 25.2. The van der Waals surface area contributed by atoms with E-state index < -0.39 is 11.3 Å². The molecule has 0 aliphatic carbocycles. The number of carbonyl (C=O) groups is 1. The minimum absolute atomic E-state index is 0.0641. The number of ketones is 1. The summed E-state index contributed by atoms with van der Waals surface area (Å²) >= 11 is 9.93. The van der Waals surface area contributed by atoms with E-state index in [-0.39, 0.29) is 10.7 Å². The van der Waals surface area contributed by atoms with E-state index in [0.717, 1.165) is 20.8 Å². The van der Waals surface area contributed by atoms with Gasteiger partial charge in [-0.2, -0.15) is 0 Å². The molecule has 0 amide bonds. The van der Waals surface area contributed by atoms with Crippen molar-refractivity contribution >= 4 is 61.2 Å². The van der Waals surface area contributed by atoms with Crippen LogP contribution >= 0.6 is 27.5 Å². The van der Waals surface area contributed by atoms with Gasteiger partial charge in [-0.05, 0) is 61.0 Å². The second-order valence-electron chi connectivity index (χ2n) is 8.11. The fourth-order valence-electron chi connectivity index (χ4n) is 4.17. The Balaban J connectivity index is 1.60. The summed E-state index contributed by atoms with van der Waals surface area (Å²) in [5.41, 5.74) is 2.88. The molecule has 0 saturated carbocycles. The Morgan fingerprint density at radius 3 is 2.67 bits per heavy atom. The van der Waals surface area contributed by atoms with Crippen molar-refractivity contribution < 1.29 is 9.53 Å². The first kappa shape index (κ1) is 24.0. The maximum Gasteiger partial charge on any atom is 0.260 e. The number of benzene rings is 3. The number of carbonyl (C=O) groups excluding carboxylic acids is 1. The molecule has 2 heterocycles. The third kappa shape index (κ3) is 4.70. The predicted octanol–water partition coefficient (Wildman–Crippen LogP) is 7.45. The number of hydrogen-bond acceptors (Lipinski definition) is 4. The number of pyridine rings is 2. The fourth-order valence-corrected chi connectivity index (χ4v) is 4.74. The molecule has 7 heteroatoms. The number of rotatable bonds is 6. The summed E-state index contributed by atoms with van der Waals surface area (Å²) in [6.07, 6.45) is 2.96. The molecule has 5 aromatic rings. The molecule has 36 heavy (non-hydrogen) atoms. The maximum atomic E-state index is 13.5. The van der Waals surface area contributed by atoms with Crippen molar-refractivity contribution in [2.75, 3.05) is 6.61 Å². The van der Waals surface area contributed by atoms with E-state index >= 15 is 0 Å². The van der Waals surface area contributed by atoms with Crippen molar-refractivity contribution in [3.8, 4) is 16.9 Å². The summed E-state index contributed by atoms with van der Waals surface area (Å²) < 4.78 is 6.37. The molecular weight excluding hydrogens is 540 g/mol. The Morgan fingerprint density at radius 2 is 1.89 bits per heavy atom. The number of ether oxygens (including phenoxy) is 1. The summed E-state index contributed by atoms with van der Waals surface area (Å²) in [4.78, 5) is 33.9. The lowest BCUT2D eigenvalue weighted by Gasteiger charge is -2.12. The van der Waals surface area contributed by atoms with E-state index in [1.54, 1.807) is 6.08 Å². The molecule has 0 saturated heterocycles. The summed E-state index contributed by atoms with van der Waals surface area (Å²) in [7, 11) is 0. The van der Waals surface area contributed by atoms with Crippen LogP contribution in [0.25, 0.3) is 39.0 Å². The van der Waals surface area contributed by atoms with Crippen molar-refractivity contribution in [2.45, 2.75) is 6.92 Å². The zero-order valence-electron chi connectivity index (χ0n) is 19.2. The minimum atomic E-state index is -0.454. The smallest absolute Gasteiger partial charge is 0.260 e. The molecule has 0 bridgehead atoms. The first-order valence-electron chi connectivity index (χ1n) is 11.3. The maximum absolute atomic E-state index is 13.5. The number of halogens is 2. The molecule has 5 nitrogen and oxygen atoms in total. The predicted molar refractivity (Wildman–Crippen MR) is 149 cm³/mol. The van der Waals surface area contributed by atoms with Gasteiger partial charge in [-0.15, -0.1) is 0 Å². The lowest BCUT2D eigenvalue weighted by atomic mass is 9.94. The van der Waals surface area contributed by atoms with E-state index in [4.69, 9.17) is 16.3 Å². The van der Waals surface area contributed by atoms with Crippen molar-refractivity contribution in [3.05, 3.63) is 110 Å². The number of H-pyrrole nitrogens is 1. The van der Waals surface area contributed by atoms with Crippen LogP contribution in [0.15, 0.2) is 88.1 Å². The average Bonchev–Trinajstić information content (AvgIpc) is 2.87. The molecule has 2 aromatic heterocycles. The fraction of sp³-hybridized carbons (Fsp3) is 0.0690. The molecule has 0 spiro atoms. The van der Waals surface area contributed by atoms with Crippen LogP contribution in [0.3, 0.4) is 0 Å². The summed E-state index contributed by atoms with van der Waals surface area (Å²) in [5, 5.41) is 1.87. The summed E-state index contributed by atoms with van der Waals surface area (Å²) in [6, 6.07) is 22.4.